The van der Waals surface area contributed by atoms with Crippen LogP contribution >= 0.6 is 0 Å². The van der Waals surface area contributed by atoms with Crippen LogP contribution in [0.25, 0.3) is 0 Å². The summed E-state index contributed by atoms with van der Waals surface area (Å²) < 4.78 is 0. The van der Waals surface area contributed by atoms with Gasteiger partial charge < -0.3 is 0 Å². The summed E-state index contributed by atoms with van der Waals surface area (Å²) in [6.07, 6.45) is 14.7. The Kier molecular flexibility index (Phi) is 3.54. The monoisotopic (exact) mass is 234 g/mol. The summed E-state index contributed by atoms with van der Waals surface area (Å²) in [7, 11) is 0. The van der Waals surface area contributed by atoms with Gasteiger partial charge in [0.15, 0.2) is 0 Å². The van der Waals surface area contributed by atoms with Crippen LogP contribution in [0.1, 0.15) is 70.6 Å². The molecule has 0 bridgehead atoms. The molecule has 96 valence electrons. The lowest BCUT2D eigenvalue weighted by Crippen LogP contribution is -2.40. The van der Waals surface area contributed by atoms with E-state index in [4.69, 9.17) is 0 Å². The summed E-state index contributed by atoms with van der Waals surface area (Å²) in [5, 5.41) is 0. The van der Waals surface area contributed by atoms with Crippen molar-refractivity contribution >= 4 is 5.78 Å². The molecule has 0 spiro atoms. The summed E-state index contributed by atoms with van der Waals surface area (Å²) >= 11 is 0. The Labute approximate surface area is 105 Å². The molecular weight excluding hydrogens is 208 g/mol. The average Bonchev–Trinajstić information content (AvgIpc) is 2.41. The summed E-state index contributed by atoms with van der Waals surface area (Å²) in [5.74, 6) is 3.76. The molecule has 3 rings (SSSR count). The van der Waals surface area contributed by atoms with Crippen molar-refractivity contribution in [3.8, 4) is 0 Å². The van der Waals surface area contributed by atoms with Gasteiger partial charge in [0.05, 0.1) is 0 Å². The molecule has 3 aliphatic rings. The van der Waals surface area contributed by atoms with Gasteiger partial charge >= 0.3 is 0 Å². The molecule has 3 fully saturated rings. The lowest BCUT2D eigenvalue weighted by molar-refractivity contribution is -0.131. The van der Waals surface area contributed by atoms with Gasteiger partial charge in [0.2, 0.25) is 0 Å². The van der Waals surface area contributed by atoms with E-state index in [0.717, 1.165) is 24.2 Å². The first kappa shape index (κ1) is 11.7. The van der Waals surface area contributed by atoms with Crippen molar-refractivity contribution in [3.63, 3.8) is 0 Å². The highest BCUT2D eigenvalue weighted by Gasteiger charge is 2.42. The standard InChI is InChI=1S/C16H26O/c17-16-11-10-13(12-6-2-1-3-7-12)14-8-4-5-9-15(14)16/h12-15H,1-11H2/t13-,14?,15?/m0/s1. The topological polar surface area (TPSA) is 17.1 Å². The van der Waals surface area contributed by atoms with Crippen molar-refractivity contribution in [3.05, 3.63) is 0 Å². The number of ketones is 1. The maximum absolute atomic E-state index is 12.1. The van der Waals surface area contributed by atoms with Crippen molar-refractivity contribution in [2.45, 2.75) is 70.6 Å². The van der Waals surface area contributed by atoms with E-state index in [-0.39, 0.29) is 0 Å². The van der Waals surface area contributed by atoms with Crippen LogP contribution in [0.15, 0.2) is 0 Å². The normalized spacial score (nSPS) is 40.0. The Hall–Kier alpha value is -0.330. The molecule has 0 radical (unpaired) electrons. The maximum atomic E-state index is 12.1. The highest BCUT2D eigenvalue weighted by Crippen LogP contribution is 2.48. The van der Waals surface area contributed by atoms with Gasteiger partial charge in [-0.3, -0.25) is 4.79 Å². The Morgan fingerprint density at radius 2 is 1.41 bits per heavy atom. The first-order valence-corrected chi connectivity index (χ1v) is 7.89. The van der Waals surface area contributed by atoms with Gasteiger partial charge in [0.1, 0.15) is 5.78 Å². The van der Waals surface area contributed by atoms with Crippen molar-refractivity contribution in [1.82, 2.24) is 0 Å². The number of carbonyl (C=O) groups is 1. The zero-order valence-electron chi connectivity index (χ0n) is 11.0. The number of hydrogen-bond donors (Lipinski definition) is 0. The van der Waals surface area contributed by atoms with E-state index in [9.17, 15) is 4.79 Å². The molecule has 0 aromatic rings. The van der Waals surface area contributed by atoms with Crippen molar-refractivity contribution in [2.24, 2.45) is 23.7 Å². The van der Waals surface area contributed by atoms with Gasteiger partial charge in [-0.05, 0) is 37.0 Å². The Morgan fingerprint density at radius 1 is 0.706 bits per heavy atom. The van der Waals surface area contributed by atoms with E-state index in [1.54, 1.807) is 0 Å². The largest absolute Gasteiger partial charge is 0.299 e. The van der Waals surface area contributed by atoms with Crippen LogP contribution in [-0.2, 0) is 4.79 Å². The zero-order chi connectivity index (χ0) is 11.7. The van der Waals surface area contributed by atoms with Gasteiger partial charge in [-0.2, -0.15) is 0 Å². The second-order valence-corrected chi connectivity index (χ2v) is 6.62. The molecular formula is C16H26O. The smallest absolute Gasteiger partial charge is 0.136 e. The summed E-state index contributed by atoms with van der Waals surface area (Å²) in [4.78, 5) is 12.1. The first-order chi connectivity index (χ1) is 8.36. The molecule has 17 heavy (non-hydrogen) atoms. The van der Waals surface area contributed by atoms with E-state index in [1.165, 1.54) is 64.2 Å². The van der Waals surface area contributed by atoms with Crippen LogP contribution in [0.2, 0.25) is 0 Å². The van der Waals surface area contributed by atoms with Crippen LogP contribution in [0.3, 0.4) is 0 Å². The lowest BCUT2D eigenvalue weighted by Gasteiger charge is -2.44. The fraction of sp³-hybridized carbons (Fsp3) is 0.938. The maximum Gasteiger partial charge on any atom is 0.136 e. The Balaban J connectivity index is 1.72. The highest BCUT2D eigenvalue weighted by atomic mass is 16.1. The molecule has 0 amide bonds. The predicted octanol–water partition coefficient (Wildman–Crippen LogP) is 4.35. The number of Topliss-reactive ketones (excluding diaryl/α,β-unsaturated/α-hetero) is 1. The molecule has 0 aliphatic heterocycles. The third kappa shape index (κ3) is 2.30. The molecule has 1 nitrogen and oxygen atoms in total. The summed E-state index contributed by atoms with van der Waals surface area (Å²) in [5.41, 5.74) is 0. The highest BCUT2D eigenvalue weighted by molar-refractivity contribution is 5.82. The molecule has 0 N–H and O–H groups in total. The summed E-state index contributed by atoms with van der Waals surface area (Å²) in [6.45, 7) is 0. The van der Waals surface area contributed by atoms with E-state index >= 15 is 0 Å². The Bertz CT molecular complexity index is 277. The number of carbonyl (C=O) groups excluding carboxylic acids is 1. The second-order valence-electron chi connectivity index (χ2n) is 6.62. The van der Waals surface area contributed by atoms with Crippen molar-refractivity contribution < 1.29 is 4.79 Å². The van der Waals surface area contributed by atoms with E-state index < -0.39 is 0 Å². The predicted molar refractivity (Wildman–Crippen MR) is 69.8 cm³/mol. The minimum Gasteiger partial charge on any atom is -0.299 e. The third-order valence-corrected chi connectivity index (χ3v) is 5.76. The first-order valence-electron chi connectivity index (χ1n) is 7.89. The van der Waals surface area contributed by atoms with Crippen LogP contribution < -0.4 is 0 Å². The van der Waals surface area contributed by atoms with Crippen LogP contribution in [0.4, 0.5) is 0 Å². The third-order valence-electron chi connectivity index (χ3n) is 5.76. The van der Waals surface area contributed by atoms with E-state index in [2.05, 4.69) is 0 Å². The fourth-order valence-corrected chi connectivity index (χ4v) is 4.93. The number of rotatable bonds is 1. The molecule has 0 saturated heterocycles. The molecule has 0 aromatic heterocycles. The van der Waals surface area contributed by atoms with Gasteiger partial charge in [-0.1, -0.05) is 44.9 Å². The summed E-state index contributed by atoms with van der Waals surface area (Å²) in [6, 6.07) is 0. The molecule has 3 saturated carbocycles. The quantitative estimate of drug-likeness (QED) is 0.659. The molecule has 0 heterocycles. The number of fused-ring (bicyclic) bond motifs is 1. The molecule has 3 aliphatic carbocycles. The van der Waals surface area contributed by atoms with Gasteiger partial charge in [-0.25, -0.2) is 0 Å². The molecule has 2 unspecified atom stereocenters. The van der Waals surface area contributed by atoms with Crippen LogP contribution in [-0.4, -0.2) is 5.78 Å². The SMILES string of the molecule is O=C1CC[C@@H](C2CCCCC2)C2CCCCC12. The van der Waals surface area contributed by atoms with Crippen LogP contribution in [0.5, 0.6) is 0 Å². The lowest BCUT2D eigenvalue weighted by atomic mass is 9.60. The second kappa shape index (κ2) is 5.12. The van der Waals surface area contributed by atoms with Gasteiger partial charge in [-0.15, -0.1) is 0 Å². The minimum atomic E-state index is 0.476. The zero-order valence-corrected chi connectivity index (χ0v) is 11.0. The van der Waals surface area contributed by atoms with Gasteiger partial charge in [0, 0.05) is 12.3 Å². The van der Waals surface area contributed by atoms with E-state index in [1.807, 2.05) is 0 Å². The van der Waals surface area contributed by atoms with Crippen molar-refractivity contribution in [1.29, 1.82) is 0 Å². The average molecular weight is 234 g/mol. The molecule has 1 heteroatoms. The van der Waals surface area contributed by atoms with Crippen LogP contribution in [0, 0.1) is 23.7 Å². The van der Waals surface area contributed by atoms with Gasteiger partial charge in [0.25, 0.3) is 0 Å². The fourth-order valence-electron chi connectivity index (χ4n) is 4.93. The van der Waals surface area contributed by atoms with Crippen molar-refractivity contribution in [2.75, 3.05) is 0 Å². The number of hydrogen-bond acceptors (Lipinski definition) is 1. The van der Waals surface area contributed by atoms with E-state index in [0.29, 0.717) is 11.7 Å². The Morgan fingerprint density at radius 3 is 2.24 bits per heavy atom. The molecule has 0 aromatic carbocycles. The minimum absolute atomic E-state index is 0.476. The molecule has 3 atom stereocenters.